The molecule has 1 aliphatic rings. The van der Waals surface area contributed by atoms with Gasteiger partial charge >= 0.3 is 0 Å². The van der Waals surface area contributed by atoms with E-state index in [1.807, 2.05) is 59.5 Å². The lowest BCUT2D eigenvalue weighted by Crippen LogP contribution is -2.36. The normalized spacial score (nSPS) is 16.4. The summed E-state index contributed by atoms with van der Waals surface area (Å²) in [5.41, 5.74) is 2.92. The molecule has 1 fully saturated rings. The number of furan rings is 1. The lowest BCUT2D eigenvalue weighted by atomic mass is 10.0. The molecule has 2 heterocycles. The first-order valence-electron chi connectivity index (χ1n) is 9.38. The Morgan fingerprint density at radius 2 is 1.74 bits per heavy atom. The first kappa shape index (κ1) is 17.6. The van der Waals surface area contributed by atoms with Gasteiger partial charge in [0.15, 0.2) is 0 Å². The summed E-state index contributed by atoms with van der Waals surface area (Å²) in [7, 11) is 0. The van der Waals surface area contributed by atoms with Crippen LogP contribution in [0.25, 0.3) is 11.1 Å². The fraction of sp³-hybridized carbons (Fsp3) is 0.261. The SMILES string of the molecule is O=C(c1ccc(-c2ccccc2)cc1)N(Cc1ccco1)C[C@H]1CCCO1. The van der Waals surface area contributed by atoms with Crippen LogP contribution in [0, 0.1) is 0 Å². The van der Waals surface area contributed by atoms with Crippen LogP contribution >= 0.6 is 0 Å². The molecule has 1 atom stereocenters. The van der Waals surface area contributed by atoms with Crippen molar-refractivity contribution in [3.05, 3.63) is 84.3 Å². The van der Waals surface area contributed by atoms with E-state index in [2.05, 4.69) is 12.1 Å². The summed E-state index contributed by atoms with van der Waals surface area (Å²) in [4.78, 5) is 15.0. The number of ether oxygens (including phenoxy) is 1. The summed E-state index contributed by atoms with van der Waals surface area (Å²) < 4.78 is 11.2. The van der Waals surface area contributed by atoms with E-state index in [1.54, 1.807) is 6.26 Å². The van der Waals surface area contributed by atoms with Crippen molar-refractivity contribution >= 4 is 5.91 Å². The fourth-order valence-electron chi connectivity index (χ4n) is 3.46. The summed E-state index contributed by atoms with van der Waals surface area (Å²) in [6, 6.07) is 21.7. The molecule has 2 aromatic carbocycles. The maximum absolute atomic E-state index is 13.1. The van der Waals surface area contributed by atoms with Crippen molar-refractivity contribution in [1.82, 2.24) is 4.90 Å². The van der Waals surface area contributed by atoms with Gasteiger partial charge in [-0.2, -0.15) is 0 Å². The number of amides is 1. The van der Waals surface area contributed by atoms with Gasteiger partial charge < -0.3 is 14.1 Å². The van der Waals surface area contributed by atoms with Gasteiger partial charge in [-0.3, -0.25) is 4.79 Å². The molecule has 3 aromatic rings. The molecule has 0 saturated carbocycles. The van der Waals surface area contributed by atoms with E-state index in [4.69, 9.17) is 9.15 Å². The lowest BCUT2D eigenvalue weighted by molar-refractivity contribution is 0.0491. The number of carbonyl (C=O) groups excluding carboxylic acids is 1. The summed E-state index contributed by atoms with van der Waals surface area (Å²) in [5.74, 6) is 0.781. The highest BCUT2D eigenvalue weighted by Gasteiger charge is 2.24. The summed E-state index contributed by atoms with van der Waals surface area (Å²) in [5, 5.41) is 0. The molecule has 0 radical (unpaired) electrons. The highest BCUT2D eigenvalue weighted by atomic mass is 16.5. The first-order valence-corrected chi connectivity index (χ1v) is 9.38. The zero-order chi connectivity index (χ0) is 18.5. The van der Waals surface area contributed by atoms with Crippen molar-refractivity contribution in [3.8, 4) is 11.1 Å². The Morgan fingerprint density at radius 1 is 0.963 bits per heavy atom. The van der Waals surface area contributed by atoms with E-state index >= 15 is 0 Å². The van der Waals surface area contributed by atoms with Crippen molar-refractivity contribution in [2.45, 2.75) is 25.5 Å². The summed E-state index contributed by atoms with van der Waals surface area (Å²) in [6.45, 7) is 1.81. The molecule has 0 unspecified atom stereocenters. The molecule has 138 valence electrons. The third-order valence-electron chi connectivity index (χ3n) is 4.90. The minimum Gasteiger partial charge on any atom is -0.467 e. The second-order valence-corrected chi connectivity index (χ2v) is 6.84. The Labute approximate surface area is 159 Å². The molecule has 4 heteroatoms. The Morgan fingerprint density at radius 3 is 2.41 bits per heavy atom. The van der Waals surface area contributed by atoms with E-state index < -0.39 is 0 Å². The number of carbonyl (C=O) groups is 1. The van der Waals surface area contributed by atoms with Crippen molar-refractivity contribution in [3.63, 3.8) is 0 Å². The predicted molar refractivity (Wildman–Crippen MR) is 104 cm³/mol. The second kappa shape index (κ2) is 8.23. The van der Waals surface area contributed by atoms with Crippen molar-refractivity contribution < 1.29 is 13.9 Å². The first-order chi connectivity index (χ1) is 13.3. The van der Waals surface area contributed by atoms with Gasteiger partial charge in [-0.05, 0) is 48.2 Å². The van der Waals surface area contributed by atoms with E-state index in [1.165, 1.54) is 0 Å². The highest BCUT2D eigenvalue weighted by molar-refractivity contribution is 5.94. The fourth-order valence-corrected chi connectivity index (χ4v) is 3.46. The standard InChI is InChI=1S/C23H23NO3/c25-23(20-12-10-19(11-13-20)18-6-2-1-3-7-18)24(16-21-8-4-14-26-21)17-22-9-5-15-27-22/h1-4,6-8,10-14,22H,5,9,15-17H2/t22-/m1/s1. The maximum Gasteiger partial charge on any atom is 0.254 e. The molecule has 1 amide bonds. The molecule has 1 aliphatic heterocycles. The van der Waals surface area contributed by atoms with Crippen LogP contribution in [-0.4, -0.2) is 30.1 Å². The number of hydrogen-bond acceptors (Lipinski definition) is 3. The summed E-state index contributed by atoms with van der Waals surface area (Å²) in [6.07, 6.45) is 3.79. The van der Waals surface area contributed by atoms with Gasteiger partial charge in [-0.15, -0.1) is 0 Å². The van der Waals surface area contributed by atoms with Gasteiger partial charge in [-0.25, -0.2) is 0 Å². The third kappa shape index (κ3) is 4.29. The highest BCUT2D eigenvalue weighted by Crippen LogP contribution is 2.21. The van der Waals surface area contributed by atoms with Gasteiger partial charge in [0.1, 0.15) is 5.76 Å². The summed E-state index contributed by atoms with van der Waals surface area (Å²) >= 11 is 0. The van der Waals surface area contributed by atoms with E-state index in [0.29, 0.717) is 18.7 Å². The van der Waals surface area contributed by atoms with Crippen LogP contribution in [0.15, 0.2) is 77.4 Å². The molecular formula is C23H23NO3. The van der Waals surface area contributed by atoms with E-state index in [0.717, 1.165) is 36.3 Å². The minimum absolute atomic E-state index is 0.00140. The Balaban J connectivity index is 1.52. The zero-order valence-corrected chi connectivity index (χ0v) is 15.2. The van der Waals surface area contributed by atoms with Crippen molar-refractivity contribution in [1.29, 1.82) is 0 Å². The number of nitrogens with zero attached hydrogens (tertiary/aromatic N) is 1. The van der Waals surface area contributed by atoms with E-state index in [9.17, 15) is 4.79 Å². The molecule has 0 N–H and O–H groups in total. The maximum atomic E-state index is 13.1. The number of benzene rings is 2. The van der Waals surface area contributed by atoms with Crippen molar-refractivity contribution in [2.75, 3.05) is 13.2 Å². The van der Waals surface area contributed by atoms with Crippen LogP contribution in [0.5, 0.6) is 0 Å². The van der Waals surface area contributed by atoms with Gasteiger partial charge in [0.05, 0.1) is 18.9 Å². The van der Waals surface area contributed by atoms with Crippen LogP contribution < -0.4 is 0 Å². The van der Waals surface area contributed by atoms with Crippen LogP contribution in [0.1, 0.15) is 29.0 Å². The smallest absolute Gasteiger partial charge is 0.254 e. The molecule has 4 rings (SSSR count). The Hall–Kier alpha value is -2.85. The van der Waals surface area contributed by atoms with Crippen LogP contribution in [0.3, 0.4) is 0 Å². The van der Waals surface area contributed by atoms with Gasteiger partial charge in [0.25, 0.3) is 5.91 Å². The largest absolute Gasteiger partial charge is 0.467 e. The molecule has 0 spiro atoms. The monoisotopic (exact) mass is 361 g/mol. The van der Waals surface area contributed by atoms with Gasteiger partial charge in [-0.1, -0.05) is 42.5 Å². The van der Waals surface area contributed by atoms with Crippen LogP contribution in [0.4, 0.5) is 0 Å². The molecule has 1 saturated heterocycles. The number of hydrogen-bond donors (Lipinski definition) is 0. The van der Waals surface area contributed by atoms with Gasteiger partial charge in [0.2, 0.25) is 0 Å². The van der Waals surface area contributed by atoms with E-state index in [-0.39, 0.29) is 12.0 Å². The topological polar surface area (TPSA) is 42.7 Å². The molecule has 1 aromatic heterocycles. The van der Waals surface area contributed by atoms with Crippen LogP contribution in [0.2, 0.25) is 0 Å². The Bertz CT molecular complexity index is 850. The lowest BCUT2D eigenvalue weighted by Gasteiger charge is -2.25. The van der Waals surface area contributed by atoms with Gasteiger partial charge in [0, 0.05) is 18.7 Å². The van der Waals surface area contributed by atoms with Crippen LogP contribution in [-0.2, 0) is 11.3 Å². The number of rotatable bonds is 6. The molecular weight excluding hydrogens is 338 g/mol. The molecule has 4 nitrogen and oxygen atoms in total. The average molecular weight is 361 g/mol. The average Bonchev–Trinajstić information content (AvgIpc) is 3.42. The van der Waals surface area contributed by atoms with Crippen molar-refractivity contribution in [2.24, 2.45) is 0 Å². The minimum atomic E-state index is 0.00140. The zero-order valence-electron chi connectivity index (χ0n) is 15.2. The molecule has 27 heavy (non-hydrogen) atoms. The molecule has 0 aliphatic carbocycles. The molecule has 0 bridgehead atoms. The predicted octanol–water partition coefficient (Wildman–Crippen LogP) is 4.77. The third-order valence-corrected chi connectivity index (χ3v) is 4.90. The second-order valence-electron chi connectivity index (χ2n) is 6.84. The quantitative estimate of drug-likeness (QED) is 0.635. The Kier molecular flexibility index (Phi) is 5.35.